The Kier molecular flexibility index (Phi) is 2.45. The van der Waals surface area contributed by atoms with Gasteiger partial charge in [0.05, 0.1) is 18.9 Å². The van der Waals surface area contributed by atoms with Gasteiger partial charge in [0.25, 0.3) is 0 Å². The number of pyridine rings is 1. The fourth-order valence-electron chi connectivity index (χ4n) is 1.34. The van der Waals surface area contributed by atoms with Crippen LogP contribution in [0, 0.1) is 0 Å². The van der Waals surface area contributed by atoms with Crippen molar-refractivity contribution in [1.29, 1.82) is 0 Å². The molecule has 0 atom stereocenters. The van der Waals surface area contributed by atoms with E-state index in [0.717, 1.165) is 16.5 Å². The lowest BCUT2D eigenvalue weighted by Crippen LogP contribution is -1.78. The molecule has 2 nitrogen and oxygen atoms in total. The summed E-state index contributed by atoms with van der Waals surface area (Å²) in [6.45, 7) is 0. The molecule has 0 amide bonds. The molecule has 0 bridgehead atoms. The third-order valence-electron chi connectivity index (χ3n) is 2.02. The average Bonchev–Trinajstić information content (AvgIpc) is 2.26. The van der Waals surface area contributed by atoms with E-state index in [2.05, 4.69) is 11.1 Å². The number of benzene rings is 1. The molecular formula is C12H11NO. The first kappa shape index (κ1) is 8.75. The van der Waals surface area contributed by atoms with Gasteiger partial charge >= 0.3 is 0 Å². The van der Waals surface area contributed by atoms with Crippen LogP contribution in [0.3, 0.4) is 0 Å². The topological polar surface area (TPSA) is 22.1 Å². The molecule has 1 heterocycles. The Balaban J connectivity index is 2.46. The SMILES string of the molecule is COC=Cc1ccc2ncccc2c1. The predicted octanol–water partition coefficient (Wildman–Crippen LogP) is 2.85. The van der Waals surface area contributed by atoms with Gasteiger partial charge in [-0.05, 0) is 29.8 Å². The van der Waals surface area contributed by atoms with Crippen molar-refractivity contribution < 1.29 is 4.74 Å². The number of methoxy groups -OCH3 is 1. The van der Waals surface area contributed by atoms with Crippen molar-refractivity contribution in [3.05, 3.63) is 48.4 Å². The van der Waals surface area contributed by atoms with Crippen LogP contribution in [0.5, 0.6) is 0 Å². The summed E-state index contributed by atoms with van der Waals surface area (Å²) in [4.78, 5) is 4.25. The van der Waals surface area contributed by atoms with Gasteiger partial charge in [0.2, 0.25) is 0 Å². The lowest BCUT2D eigenvalue weighted by Gasteiger charge is -1.97. The maximum absolute atomic E-state index is 4.86. The van der Waals surface area contributed by atoms with Crippen LogP contribution in [0.4, 0.5) is 0 Å². The molecular weight excluding hydrogens is 174 g/mol. The summed E-state index contributed by atoms with van der Waals surface area (Å²) in [6, 6.07) is 10.1. The van der Waals surface area contributed by atoms with Gasteiger partial charge in [-0.25, -0.2) is 0 Å². The summed E-state index contributed by atoms with van der Waals surface area (Å²) >= 11 is 0. The van der Waals surface area contributed by atoms with Crippen molar-refractivity contribution in [2.24, 2.45) is 0 Å². The maximum Gasteiger partial charge on any atom is 0.0830 e. The summed E-state index contributed by atoms with van der Waals surface area (Å²) in [5, 5.41) is 1.14. The second-order valence-electron chi connectivity index (χ2n) is 2.99. The number of fused-ring (bicyclic) bond motifs is 1. The van der Waals surface area contributed by atoms with E-state index in [0.29, 0.717) is 0 Å². The number of aromatic nitrogens is 1. The van der Waals surface area contributed by atoms with Crippen LogP contribution in [0.25, 0.3) is 17.0 Å². The Hall–Kier alpha value is -1.83. The molecule has 14 heavy (non-hydrogen) atoms. The van der Waals surface area contributed by atoms with Crippen molar-refractivity contribution in [3.63, 3.8) is 0 Å². The zero-order chi connectivity index (χ0) is 9.80. The number of hydrogen-bond donors (Lipinski definition) is 0. The highest BCUT2D eigenvalue weighted by Gasteiger charge is 1.93. The fraction of sp³-hybridized carbons (Fsp3) is 0.0833. The van der Waals surface area contributed by atoms with Gasteiger partial charge in [0.15, 0.2) is 0 Å². The van der Waals surface area contributed by atoms with Gasteiger partial charge in [-0.15, -0.1) is 0 Å². The molecule has 0 fully saturated rings. The highest BCUT2D eigenvalue weighted by molar-refractivity contribution is 5.80. The van der Waals surface area contributed by atoms with Crippen LogP contribution in [-0.4, -0.2) is 12.1 Å². The van der Waals surface area contributed by atoms with Crippen LogP contribution in [-0.2, 0) is 4.74 Å². The molecule has 1 aromatic carbocycles. The maximum atomic E-state index is 4.86. The highest BCUT2D eigenvalue weighted by Crippen LogP contribution is 2.14. The zero-order valence-electron chi connectivity index (χ0n) is 7.97. The van der Waals surface area contributed by atoms with E-state index >= 15 is 0 Å². The first-order chi connectivity index (χ1) is 6.90. The minimum atomic E-state index is 1.02. The van der Waals surface area contributed by atoms with Crippen LogP contribution < -0.4 is 0 Å². The third-order valence-corrected chi connectivity index (χ3v) is 2.02. The molecule has 0 saturated carbocycles. The Morgan fingerprint density at radius 3 is 3.07 bits per heavy atom. The average molecular weight is 185 g/mol. The molecule has 0 aliphatic carbocycles. The predicted molar refractivity (Wildman–Crippen MR) is 57.8 cm³/mol. The lowest BCUT2D eigenvalue weighted by molar-refractivity contribution is 0.341. The Labute approximate surface area is 82.9 Å². The van der Waals surface area contributed by atoms with Crippen LogP contribution in [0.15, 0.2) is 42.8 Å². The molecule has 0 aliphatic heterocycles. The third kappa shape index (κ3) is 1.74. The molecule has 2 aromatic rings. The molecule has 0 aliphatic rings. The van der Waals surface area contributed by atoms with Crippen LogP contribution in [0.1, 0.15) is 5.56 Å². The molecule has 0 saturated heterocycles. The molecule has 70 valence electrons. The van der Waals surface area contributed by atoms with Crippen molar-refractivity contribution >= 4 is 17.0 Å². The van der Waals surface area contributed by atoms with Crippen LogP contribution in [0.2, 0.25) is 0 Å². The quantitative estimate of drug-likeness (QED) is 0.671. The number of rotatable bonds is 2. The van der Waals surface area contributed by atoms with Gasteiger partial charge in [0.1, 0.15) is 0 Å². The largest absolute Gasteiger partial charge is 0.504 e. The second-order valence-corrected chi connectivity index (χ2v) is 2.99. The summed E-state index contributed by atoms with van der Waals surface area (Å²) in [6.07, 6.45) is 5.39. The van der Waals surface area contributed by atoms with E-state index in [9.17, 15) is 0 Å². The summed E-state index contributed by atoms with van der Waals surface area (Å²) in [5.74, 6) is 0. The number of ether oxygens (including phenoxy) is 1. The van der Waals surface area contributed by atoms with Gasteiger partial charge in [-0.2, -0.15) is 0 Å². The van der Waals surface area contributed by atoms with E-state index in [-0.39, 0.29) is 0 Å². The summed E-state index contributed by atoms with van der Waals surface area (Å²) in [7, 11) is 1.64. The molecule has 2 rings (SSSR count). The van der Waals surface area contributed by atoms with E-state index in [1.807, 2.05) is 30.3 Å². The van der Waals surface area contributed by atoms with E-state index in [1.54, 1.807) is 19.6 Å². The Morgan fingerprint density at radius 1 is 1.29 bits per heavy atom. The number of hydrogen-bond acceptors (Lipinski definition) is 2. The zero-order valence-corrected chi connectivity index (χ0v) is 7.97. The molecule has 0 N–H and O–H groups in total. The van der Waals surface area contributed by atoms with E-state index in [4.69, 9.17) is 4.74 Å². The van der Waals surface area contributed by atoms with Gasteiger partial charge in [0, 0.05) is 11.6 Å². The summed E-state index contributed by atoms with van der Waals surface area (Å²) in [5.41, 5.74) is 2.13. The normalized spacial score (nSPS) is 10.9. The number of nitrogens with zero attached hydrogens (tertiary/aromatic N) is 1. The van der Waals surface area contributed by atoms with Gasteiger partial charge in [-0.3, -0.25) is 4.98 Å². The van der Waals surface area contributed by atoms with Gasteiger partial charge in [-0.1, -0.05) is 12.1 Å². The molecule has 0 radical (unpaired) electrons. The fourth-order valence-corrected chi connectivity index (χ4v) is 1.34. The monoisotopic (exact) mass is 185 g/mol. The standard InChI is InChI=1S/C12H11NO/c1-14-8-6-10-4-5-12-11(9-10)3-2-7-13-12/h2-9H,1H3. The Bertz CT molecular complexity index is 463. The smallest absolute Gasteiger partial charge is 0.0830 e. The minimum Gasteiger partial charge on any atom is -0.504 e. The van der Waals surface area contributed by atoms with E-state index in [1.165, 1.54) is 0 Å². The van der Waals surface area contributed by atoms with Crippen molar-refractivity contribution in [3.8, 4) is 0 Å². The summed E-state index contributed by atoms with van der Waals surface area (Å²) < 4.78 is 4.86. The van der Waals surface area contributed by atoms with E-state index < -0.39 is 0 Å². The molecule has 1 aromatic heterocycles. The molecule has 0 spiro atoms. The van der Waals surface area contributed by atoms with Crippen molar-refractivity contribution in [2.45, 2.75) is 0 Å². The highest BCUT2D eigenvalue weighted by atomic mass is 16.5. The second kappa shape index (κ2) is 3.92. The first-order valence-corrected chi connectivity index (χ1v) is 4.44. The van der Waals surface area contributed by atoms with Crippen LogP contribution >= 0.6 is 0 Å². The minimum absolute atomic E-state index is 1.02. The Morgan fingerprint density at radius 2 is 2.21 bits per heavy atom. The van der Waals surface area contributed by atoms with Gasteiger partial charge < -0.3 is 4.74 Å². The first-order valence-electron chi connectivity index (χ1n) is 4.44. The molecule has 2 heteroatoms. The molecule has 0 unspecified atom stereocenters. The van der Waals surface area contributed by atoms with Crippen molar-refractivity contribution in [1.82, 2.24) is 4.98 Å². The lowest BCUT2D eigenvalue weighted by atomic mass is 10.1. The van der Waals surface area contributed by atoms with Crippen molar-refractivity contribution in [2.75, 3.05) is 7.11 Å².